The van der Waals surface area contributed by atoms with Crippen LogP contribution in [0, 0.1) is 15.9 Å². The number of benzene rings is 2. The molecule has 2 aromatic carbocycles. The summed E-state index contributed by atoms with van der Waals surface area (Å²) in [6.45, 7) is 1.99. The number of hydrogen-bond donors (Lipinski definition) is 1. The maximum absolute atomic E-state index is 13.7. The van der Waals surface area contributed by atoms with Gasteiger partial charge in [-0.15, -0.1) is 11.8 Å². The lowest BCUT2D eigenvalue weighted by Crippen LogP contribution is -2.15. The third kappa shape index (κ3) is 4.24. The molecular formula is C15H15FN2O4S2. The van der Waals surface area contributed by atoms with Crippen molar-refractivity contribution in [2.75, 3.05) is 10.5 Å². The number of anilines is 1. The Bertz CT molecular complexity index is 856. The Morgan fingerprint density at radius 3 is 2.58 bits per heavy atom. The Morgan fingerprint density at radius 1 is 1.25 bits per heavy atom. The highest BCUT2D eigenvalue weighted by Gasteiger charge is 2.23. The molecule has 0 aliphatic heterocycles. The normalized spacial score (nSPS) is 11.2. The lowest BCUT2D eigenvalue weighted by Gasteiger charge is -2.10. The molecule has 0 unspecified atom stereocenters. The van der Waals surface area contributed by atoms with Crippen LogP contribution in [0.4, 0.5) is 15.8 Å². The van der Waals surface area contributed by atoms with Gasteiger partial charge in [0.15, 0.2) is 0 Å². The topological polar surface area (TPSA) is 89.3 Å². The maximum Gasteiger partial charge on any atom is 0.293 e. The summed E-state index contributed by atoms with van der Waals surface area (Å²) in [5, 5.41) is 11.1. The van der Waals surface area contributed by atoms with E-state index in [0.29, 0.717) is 4.90 Å². The first kappa shape index (κ1) is 18.2. The highest BCUT2D eigenvalue weighted by Crippen LogP contribution is 2.32. The van der Waals surface area contributed by atoms with Crippen molar-refractivity contribution in [1.29, 1.82) is 0 Å². The zero-order chi connectivity index (χ0) is 17.7. The van der Waals surface area contributed by atoms with Gasteiger partial charge in [0.25, 0.3) is 15.7 Å². The number of nitrogens with zero attached hydrogens (tertiary/aromatic N) is 1. The molecule has 0 atom stereocenters. The molecule has 2 rings (SSSR count). The van der Waals surface area contributed by atoms with E-state index in [2.05, 4.69) is 4.72 Å². The Hall–Kier alpha value is -2.13. The van der Waals surface area contributed by atoms with Gasteiger partial charge in [-0.2, -0.15) is 0 Å². The van der Waals surface area contributed by atoms with Gasteiger partial charge in [-0.1, -0.05) is 19.1 Å². The van der Waals surface area contributed by atoms with Crippen molar-refractivity contribution in [2.24, 2.45) is 0 Å². The van der Waals surface area contributed by atoms with Gasteiger partial charge in [-0.25, -0.2) is 12.8 Å². The molecule has 0 heterocycles. The van der Waals surface area contributed by atoms with E-state index in [1.54, 1.807) is 6.07 Å². The number of rotatable bonds is 7. The van der Waals surface area contributed by atoms with Gasteiger partial charge in [0.05, 0.1) is 4.92 Å². The van der Waals surface area contributed by atoms with Crippen LogP contribution in [-0.4, -0.2) is 19.1 Å². The number of nitrogens with one attached hydrogen (secondary N) is 1. The van der Waals surface area contributed by atoms with E-state index < -0.39 is 31.3 Å². The zero-order valence-electron chi connectivity index (χ0n) is 12.7. The fourth-order valence-corrected chi connectivity index (χ4v) is 3.88. The molecule has 128 valence electrons. The third-order valence-electron chi connectivity index (χ3n) is 3.01. The second kappa shape index (κ2) is 7.63. The van der Waals surface area contributed by atoms with E-state index in [9.17, 15) is 22.9 Å². The summed E-state index contributed by atoms with van der Waals surface area (Å²) in [5.41, 5.74) is -0.583. The van der Waals surface area contributed by atoms with Crippen LogP contribution in [0.3, 0.4) is 0 Å². The maximum atomic E-state index is 13.7. The van der Waals surface area contributed by atoms with Crippen molar-refractivity contribution in [2.45, 2.75) is 23.1 Å². The number of sulfonamides is 1. The molecule has 0 bridgehead atoms. The van der Waals surface area contributed by atoms with Crippen molar-refractivity contribution in [3.05, 3.63) is 58.4 Å². The third-order valence-corrected chi connectivity index (χ3v) is 5.61. The highest BCUT2D eigenvalue weighted by molar-refractivity contribution is 7.99. The molecule has 2 aromatic rings. The van der Waals surface area contributed by atoms with Gasteiger partial charge >= 0.3 is 0 Å². The van der Waals surface area contributed by atoms with Crippen LogP contribution in [0.5, 0.6) is 0 Å². The number of thioether (sulfide) groups is 1. The second-order valence-electron chi connectivity index (χ2n) is 4.82. The van der Waals surface area contributed by atoms with Crippen molar-refractivity contribution >= 4 is 33.2 Å². The summed E-state index contributed by atoms with van der Waals surface area (Å²) in [4.78, 5) is 10.6. The minimum atomic E-state index is -4.28. The SMILES string of the molecule is CCCSc1ccc([N+](=O)[O-])c(NS(=O)(=O)c2ccccc2F)c1. The average molecular weight is 370 g/mol. The van der Waals surface area contributed by atoms with Gasteiger partial charge in [0, 0.05) is 11.0 Å². The molecule has 0 aromatic heterocycles. The Kier molecular flexibility index (Phi) is 5.79. The van der Waals surface area contributed by atoms with Crippen LogP contribution < -0.4 is 4.72 Å². The molecular weight excluding hydrogens is 355 g/mol. The Balaban J connectivity index is 2.43. The minimum Gasteiger partial charge on any atom is -0.273 e. The van der Waals surface area contributed by atoms with Crippen LogP contribution in [0.1, 0.15) is 13.3 Å². The Labute approximate surface area is 143 Å². The zero-order valence-corrected chi connectivity index (χ0v) is 14.4. The molecule has 9 heteroatoms. The van der Waals surface area contributed by atoms with Crippen LogP contribution in [0.2, 0.25) is 0 Å². The quantitative estimate of drug-likeness (QED) is 0.451. The fraction of sp³-hybridized carbons (Fsp3) is 0.200. The van der Waals surface area contributed by atoms with E-state index in [-0.39, 0.29) is 5.69 Å². The van der Waals surface area contributed by atoms with Gasteiger partial charge in [0.2, 0.25) is 0 Å². The summed E-state index contributed by atoms with van der Waals surface area (Å²) in [7, 11) is -4.28. The molecule has 0 fully saturated rings. The number of hydrogen-bond acceptors (Lipinski definition) is 5. The van der Waals surface area contributed by atoms with E-state index in [1.165, 1.54) is 36.0 Å². The summed E-state index contributed by atoms with van der Waals surface area (Å²) in [6.07, 6.45) is 0.901. The monoisotopic (exact) mass is 370 g/mol. The summed E-state index contributed by atoms with van der Waals surface area (Å²) in [5.74, 6) is -0.138. The molecule has 6 nitrogen and oxygen atoms in total. The molecule has 0 aliphatic carbocycles. The minimum absolute atomic E-state index is 0.190. The summed E-state index contributed by atoms with van der Waals surface area (Å²) in [6, 6.07) is 9.02. The van der Waals surface area contributed by atoms with Crippen LogP contribution in [0.15, 0.2) is 52.3 Å². The van der Waals surface area contributed by atoms with Crippen molar-refractivity contribution in [3.8, 4) is 0 Å². The van der Waals surface area contributed by atoms with Gasteiger partial charge in [-0.3, -0.25) is 14.8 Å². The average Bonchev–Trinajstić information content (AvgIpc) is 2.52. The number of nitro groups is 1. The van der Waals surface area contributed by atoms with Crippen molar-refractivity contribution in [3.63, 3.8) is 0 Å². The molecule has 0 saturated heterocycles. The first-order valence-electron chi connectivity index (χ1n) is 7.03. The molecule has 1 N–H and O–H groups in total. The fourth-order valence-electron chi connectivity index (χ4n) is 1.93. The van der Waals surface area contributed by atoms with Crippen molar-refractivity contribution in [1.82, 2.24) is 0 Å². The lowest BCUT2D eigenvalue weighted by molar-refractivity contribution is -0.383. The largest absolute Gasteiger partial charge is 0.293 e. The van der Waals surface area contributed by atoms with E-state index >= 15 is 0 Å². The number of halogens is 1. The highest BCUT2D eigenvalue weighted by atomic mass is 32.2. The van der Waals surface area contributed by atoms with E-state index in [1.807, 2.05) is 6.92 Å². The molecule has 0 amide bonds. The van der Waals surface area contributed by atoms with Crippen LogP contribution in [-0.2, 0) is 10.0 Å². The van der Waals surface area contributed by atoms with Gasteiger partial charge in [0.1, 0.15) is 16.4 Å². The second-order valence-corrected chi connectivity index (χ2v) is 7.64. The standard InChI is InChI=1S/C15H15FN2O4S2/c1-2-9-23-11-7-8-14(18(19)20)13(10-11)17-24(21,22)15-6-4-3-5-12(15)16/h3-8,10,17H,2,9H2,1H3. The molecule has 0 aliphatic rings. The summed E-state index contributed by atoms with van der Waals surface area (Å²) < 4.78 is 40.5. The molecule has 0 saturated carbocycles. The lowest BCUT2D eigenvalue weighted by atomic mass is 10.3. The molecule has 24 heavy (non-hydrogen) atoms. The first-order chi connectivity index (χ1) is 11.3. The van der Waals surface area contributed by atoms with E-state index in [0.717, 1.165) is 24.3 Å². The van der Waals surface area contributed by atoms with Gasteiger partial charge in [-0.05, 0) is 36.4 Å². The van der Waals surface area contributed by atoms with Crippen LogP contribution in [0.25, 0.3) is 0 Å². The van der Waals surface area contributed by atoms with E-state index in [4.69, 9.17) is 0 Å². The molecule has 0 spiro atoms. The molecule has 0 radical (unpaired) electrons. The first-order valence-corrected chi connectivity index (χ1v) is 9.50. The van der Waals surface area contributed by atoms with Gasteiger partial charge < -0.3 is 0 Å². The Morgan fingerprint density at radius 2 is 1.96 bits per heavy atom. The van der Waals surface area contributed by atoms with Crippen LogP contribution >= 0.6 is 11.8 Å². The predicted molar refractivity (Wildman–Crippen MR) is 91.3 cm³/mol. The van der Waals surface area contributed by atoms with Crippen molar-refractivity contribution < 1.29 is 17.7 Å². The summed E-state index contributed by atoms with van der Waals surface area (Å²) >= 11 is 1.45. The smallest absolute Gasteiger partial charge is 0.273 e. The number of nitro benzene ring substituents is 1. The predicted octanol–water partition coefficient (Wildman–Crippen LogP) is 4.04.